The molecular weight excluding hydrogens is 485 g/mol. The van der Waals surface area contributed by atoms with Crippen molar-refractivity contribution in [3.63, 3.8) is 0 Å². The lowest BCUT2D eigenvalue weighted by molar-refractivity contribution is -0.140. The maximum Gasteiger partial charge on any atom is 0.434 e. The lowest BCUT2D eigenvalue weighted by Crippen LogP contribution is -2.27. The van der Waals surface area contributed by atoms with Crippen LogP contribution in [0.2, 0.25) is 0 Å². The number of hydrogen-bond donors (Lipinski definition) is 1. The van der Waals surface area contributed by atoms with Crippen LogP contribution in [-0.4, -0.2) is 52.8 Å². The number of rotatable bonds is 9. The van der Waals surface area contributed by atoms with Gasteiger partial charge in [0.05, 0.1) is 30.8 Å². The van der Waals surface area contributed by atoms with Crippen molar-refractivity contribution in [2.24, 2.45) is 0 Å². The minimum absolute atomic E-state index is 0.0843. The van der Waals surface area contributed by atoms with Gasteiger partial charge in [0.2, 0.25) is 5.88 Å². The Kier molecular flexibility index (Phi) is 7.99. The minimum Gasteiger partial charge on any atom is -0.494 e. The molecule has 1 fully saturated rings. The molecule has 1 atom stereocenters. The Bertz CT molecular complexity index is 1240. The molecule has 1 saturated heterocycles. The van der Waals surface area contributed by atoms with Crippen molar-refractivity contribution in [2.75, 3.05) is 37.0 Å². The lowest BCUT2D eigenvalue weighted by Gasteiger charge is -2.21. The van der Waals surface area contributed by atoms with E-state index in [1.807, 2.05) is 32.9 Å². The molecule has 1 aliphatic heterocycles. The molecule has 0 aliphatic carbocycles. The summed E-state index contributed by atoms with van der Waals surface area (Å²) in [5.74, 6) is 2.11. The smallest absolute Gasteiger partial charge is 0.434 e. The van der Waals surface area contributed by atoms with Crippen molar-refractivity contribution < 1.29 is 22.6 Å². The summed E-state index contributed by atoms with van der Waals surface area (Å²) in [7, 11) is 1.28. The topological polar surface area (TPSA) is 85.3 Å². The van der Waals surface area contributed by atoms with Gasteiger partial charge in [-0.1, -0.05) is 13.8 Å². The number of anilines is 2. The van der Waals surface area contributed by atoms with Gasteiger partial charge in [0.25, 0.3) is 0 Å². The number of aryl methyl sites for hydroxylation is 2. The molecule has 1 N–H and O–H groups in total. The maximum absolute atomic E-state index is 13.9. The van der Waals surface area contributed by atoms with E-state index in [1.165, 1.54) is 19.2 Å². The van der Waals surface area contributed by atoms with E-state index in [0.29, 0.717) is 43.2 Å². The van der Waals surface area contributed by atoms with Crippen LogP contribution in [0.3, 0.4) is 0 Å². The second-order valence-corrected chi connectivity index (χ2v) is 8.63. The molecule has 0 aromatic carbocycles. The van der Waals surface area contributed by atoms with Gasteiger partial charge >= 0.3 is 6.18 Å². The Morgan fingerprint density at radius 3 is 2.51 bits per heavy atom. The number of methoxy groups -OCH3 is 1. The molecule has 0 saturated carbocycles. The van der Waals surface area contributed by atoms with Crippen LogP contribution in [0.15, 0.2) is 30.5 Å². The van der Waals surface area contributed by atoms with Gasteiger partial charge in [-0.3, -0.25) is 0 Å². The summed E-state index contributed by atoms with van der Waals surface area (Å²) in [6, 6.07) is 6.60. The third-order valence-corrected chi connectivity index (χ3v) is 6.19. The number of hydrogen-bond acceptors (Lipinski definition) is 8. The zero-order valence-corrected chi connectivity index (χ0v) is 21.4. The number of nitrogens with one attached hydrogen (secondary N) is 1. The van der Waals surface area contributed by atoms with Crippen molar-refractivity contribution in [3.05, 3.63) is 47.5 Å². The highest BCUT2D eigenvalue weighted by atomic mass is 19.4. The fraction of sp³-hybridized carbons (Fsp3) is 0.462. The molecule has 8 nitrogen and oxygen atoms in total. The van der Waals surface area contributed by atoms with E-state index >= 15 is 0 Å². The van der Waals surface area contributed by atoms with Crippen molar-refractivity contribution in [1.82, 2.24) is 19.9 Å². The van der Waals surface area contributed by atoms with Crippen LogP contribution >= 0.6 is 0 Å². The molecule has 3 aromatic rings. The summed E-state index contributed by atoms with van der Waals surface area (Å²) in [4.78, 5) is 19.7. The molecule has 4 heterocycles. The molecule has 0 unspecified atom stereocenters. The first-order valence-electron chi connectivity index (χ1n) is 12.4. The van der Waals surface area contributed by atoms with Crippen LogP contribution in [0.4, 0.5) is 24.8 Å². The SMILES string of the molecule is CCOc1ccnc(N2CC[C@@H](Nc3nc(CC)c(-c4ccc(OC)nc4C(F)(F)F)nc3CC)C2)c1. The molecule has 198 valence electrons. The fourth-order valence-electron chi connectivity index (χ4n) is 4.40. The van der Waals surface area contributed by atoms with Crippen LogP contribution < -0.4 is 19.7 Å². The van der Waals surface area contributed by atoms with Gasteiger partial charge in [-0.05, 0) is 38.3 Å². The molecular formula is C26H31F3N6O2. The molecule has 37 heavy (non-hydrogen) atoms. The van der Waals surface area contributed by atoms with Crippen molar-refractivity contribution in [2.45, 2.75) is 52.3 Å². The first-order chi connectivity index (χ1) is 17.8. The highest BCUT2D eigenvalue weighted by molar-refractivity contribution is 5.67. The van der Waals surface area contributed by atoms with Gasteiger partial charge < -0.3 is 19.7 Å². The van der Waals surface area contributed by atoms with Crippen LogP contribution in [0.25, 0.3) is 11.3 Å². The molecule has 1 aliphatic rings. The molecule has 3 aromatic heterocycles. The molecule has 4 rings (SSSR count). The fourth-order valence-corrected chi connectivity index (χ4v) is 4.40. The van der Waals surface area contributed by atoms with Crippen molar-refractivity contribution in [1.29, 1.82) is 0 Å². The van der Waals surface area contributed by atoms with E-state index in [2.05, 4.69) is 25.2 Å². The molecule has 0 spiro atoms. The second kappa shape index (κ2) is 11.2. The van der Waals surface area contributed by atoms with Crippen LogP contribution in [0.5, 0.6) is 11.6 Å². The number of nitrogens with zero attached hydrogens (tertiary/aromatic N) is 5. The van der Waals surface area contributed by atoms with E-state index in [1.54, 1.807) is 6.20 Å². The van der Waals surface area contributed by atoms with E-state index in [-0.39, 0.29) is 23.2 Å². The largest absolute Gasteiger partial charge is 0.494 e. The predicted octanol–water partition coefficient (Wildman–Crippen LogP) is 5.18. The van der Waals surface area contributed by atoms with Gasteiger partial charge in [-0.15, -0.1) is 0 Å². The summed E-state index contributed by atoms with van der Waals surface area (Å²) in [5, 5.41) is 3.48. The van der Waals surface area contributed by atoms with Crippen LogP contribution in [0.1, 0.15) is 44.3 Å². The van der Waals surface area contributed by atoms with Crippen molar-refractivity contribution in [3.8, 4) is 22.9 Å². The Labute approximate surface area is 214 Å². The van der Waals surface area contributed by atoms with Crippen LogP contribution in [-0.2, 0) is 19.0 Å². The molecule has 0 amide bonds. The Balaban J connectivity index is 1.61. The maximum atomic E-state index is 13.9. The number of halogens is 3. The average molecular weight is 517 g/mol. The van der Waals surface area contributed by atoms with Gasteiger partial charge in [0.15, 0.2) is 5.69 Å². The van der Waals surface area contributed by atoms with Gasteiger partial charge in [0, 0.05) is 43.0 Å². The Morgan fingerprint density at radius 2 is 1.84 bits per heavy atom. The van der Waals surface area contributed by atoms with Gasteiger partial charge in [-0.25, -0.2) is 19.9 Å². The number of ether oxygens (including phenoxy) is 2. The number of aromatic nitrogens is 4. The Hall–Kier alpha value is -3.63. The first kappa shape index (κ1) is 26.4. The summed E-state index contributed by atoms with van der Waals surface area (Å²) < 4.78 is 52.1. The van der Waals surface area contributed by atoms with E-state index < -0.39 is 11.9 Å². The molecule has 11 heteroatoms. The highest BCUT2D eigenvalue weighted by Gasteiger charge is 2.37. The summed E-state index contributed by atoms with van der Waals surface area (Å²) >= 11 is 0. The zero-order valence-electron chi connectivity index (χ0n) is 21.4. The molecule has 0 bridgehead atoms. The zero-order chi connectivity index (χ0) is 26.6. The van der Waals surface area contributed by atoms with Crippen LogP contribution in [0, 0.1) is 0 Å². The lowest BCUT2D eigenvalue weighted by atomic mass is 10.0. The van der Waals surface area contributed by atoms with Crippen molar-refractivity contribution >= 4 is 11.6 Å². The third-order valence-electron chi connectivity index (χ3n) is 6.19. The quantitative estimate of drug-likeness (QED) is 0.417. The average Bonchev–Trinajstić information content (AvgIpc) is 3.36. The minimum atomic E-state index is -4.67. The van der Waals surface area contributed by atoms with E-state index in [4.69, 9.17) is 14.5 Å². The normalized spacial score (nSPS) is 15.6. The predicted molar refractivity (Wildman–Crippen MR) is 135 cm³/mol. The van der Waals surface area contributed by atoms with E-state index in [0.717, 1.165) is 24.5 Å². The summed E-state index contributed by atoms with van der Waals surface area (Å²) in [5.41, 5.74) is 0.125. The Morgan fingerprint density at radius 1 is 1.05 bits per heavy atom. The number of alkyl halides is 3. The number of pyridine rings is 2. The summed E-state index contributed by atoms with van der Waals surface area (Å²) in [6.07, 6.45) is -1.16. The first-order valence-corrected chi connectivity index (χ1v) is 12.4. The van der Waals surface area contributed by atoms with Gasteiger partial charge in [0.1, 0.15) is 17.4 Å². The van der Waals surface area contributed by atoms with E-state index in [9.17, 15) is 13.2 Å². The second-order valence-electron chi connectivity index (χ2n) is 8.63. The monoisotopic (exact) mass is 516 g/mol. The standard InChI is InChI=1S/C26H31F3N6O2/c1-5-19-23(18-8-9-22(36-4)34-24(18)26(27,28)29)32-20(6-2)25(33-19)31-16-11-13-35(15-16)21-14-17(37-7-3)10-12-30-21/h8-10,12,14,16H,5-7,11,13,15H2,1-4H3,(H,31,33)/t16-/m1/s1. The third kappa shape index (κ3) is 5.86. The van der Waals surface area contributed by atoms with Gasteiger partial charge in [-0.2, -0.15) is 13.2 Å². The summed E-state index contributed by atoms with van der Waals surface area (Å²) in [6.45, 7) is 7.79. The molecule has 0 radical (unpaired) electrons. The highest BCUT2D eigenvalue weighted by Crippen LogP contribution is 2.38.